The Bertz CT molecular complexity index is 587. The summed E-state index contributed by atoms with van der Waals surface area (Å²) in [7, 11) is 1.68. The van der Waals surface area contributed by atoms with Crippen LogP contribution in [0.5, 0.6) is 11.5 Å². The van der Waals surface area contributed by atoms with E-state index < -0.39 is 0 Å². The molecule has 3 nitrogen and oxygen atoms in total. The van der Waals surface area contributed by atoms with E-state index in [9.17, 15) is 0 Å². The third-order valence-corrected chi connectivity index (χ3v) is 3.91. The maximum absolute atomic E-state index is 6.29. The third kappa shape index (κ3) is 3.37. The largest absolute Gasteiger partial charge is 0.497 e. The van der Waals surface area contributed by atoms with Crippen molar-refractivity contribution in [1.82, 2.24) is 0 Å². The Balaban J connectivity index is 1.56. The molecule has 2 N–H and O–H groups in total. The van der Waals surface area contributed by atoms with Crippen LogP contribution in [0.3, 0.4) is 0 Å². The molecule has 0 saturated carbocycles. The number of rotatable bonds is 5. The molecule has 110 valence electrons. The van der Waals surface area contributed by atoms with Crippen molar-refractivity contribution in [3.8, 4) is 11.5 Å². The zero-order valence-electron chi connectivity index (χ0n) is 12.3. The van der Waals surface area contributed by atoms with Gasteiger partial charge < -0.3 is 15.2 Å². The van der Waals surface area contributed by atoms with Crippen molar-refractivity contribution in [1.29, 1.82) is 0 Å². The molecule has 1 aliphatic rings. The second-order valence-electron chi connectivity index (χ2n) is 5.60. The molecule has 2 unspecified atom stereocenters. The van der Waals surface area contributed by atoms with Gasteiger partial charge in [-0.1, -0.05) is 30.3 Å². The van der Waals surface area contributed by atoms with Gasteiger partial charge in [-0.3, -0.25) is 0 Å². The molecule has 1 heterocycles. The molecular weight excluding hydrogens is 262 g/mol. The fourth-order valence-electron chi connectivity index (χ4n) is 2.91. The molecule has 0 bridgehead atoms. The maximum Gasteiger partial charge on any atom is 0.123 e. The van der Waals surface area contributed by atoms with E-state index in [1.807, 2.05) is 30.3 Å². The molecule has 0 saturated heterocycles. The lowest BCUT2D eigenvalue weighted by molar-refractivity contribution is 0.210. The molecule has 3 heteroatoms. The zero-order valence-corrected chi connectivity index (χ0v) is 12.3. The van der Waals surface area contributed by atoms with Crippen LogP contribution in [-0.4, -0.2) is 19.3 Å². The Morgan fingerprint density at radius 3 is 2.90 bits per heavy atom. The van der Waals surface area contributed by atoms with Gasteiger partial charge in [0.2, 0.25) is 0 Å². The van der Waals surface area contributed by atoms with Crippen molar-refractivity contribution in [3.05, 3.63) is 59.7 Å². The predicted molar refractivity (Wildman–Crippen MR) is 83.9 cm³/mol. The molecule has 2 atom stereocenters. The Hall–Kier alpha value is -2.00. The lowest BCUT2D eigenvalue weighted by Crippen LogP contribution is -2.30. The smallest absolute Gasteiger partial charge is 0.123 e. The molecular formula is C18H21NO2. The van der Waals surface area contributed by atoms with Gasteiger partial charge >= 0.3 is 0 Å². The highest BCUT2D eigenvalue weighted by Gasteiger charge is 2.24. The number of methoxy groups -OCH3 is 1. The first-order chi connectivity index (χ1) is 10.2. The highest BCUT2D eigenvalue weighted by atomic mass is 16.5. The summed E-state index contributed by atoms with van der Waals surface area (Å²) in [5.41, 5.74) is 8.79. The number of hydrogen-bond acceptors (Lipinski definition) is 3. The van der Waals surface area contributed by atoms with Crippen LogP contribution < -0.4 is 15.2 Å². The lowest BCUT2D eigenvalue weighted by Gasteiger charge is -2.17. The highest BCUT2D eigenvalue weighted by Crippen LogP contribution is 2.30. The van der Waals surface area contributed by atoms with Crippen LogP contribution in [0.25, 0.3) is 0 Å². The van der Waals surface area contributed by atoms with Gasteiger partial charge in [-0.05, 0) is 35.7 Å². The van der Waals surface area contributed by atoms with Crippen molar-refractivity contribution >= 4 is 0 Å². The molecule has 0 amide bonds. The Kier molecular flexibility index (Phi) is 4.11. The van der Waals surface area contributed by atoms with E-state index in [4.69, 9.17) is 15.2 Å². The number of benzene rings is 2. The second-order valence-corrected chi connectivity index (χ2v) is 5.60. The van der Waals surface area contributed by atoms with E-state index in [0.29, 0.717) is 0 Å². The van der Waals surface area contributed by atoms with Gasteiger partial charge in [0.25, 0.3) is 0 Å². The second kappa shape index (κ2) is 6.19. The SMILES string of the molecule is COc1cccc(CC(N)CC2Cc3ccccc3O2)c1. The van der Waals surface area contributed by atoms with Crippen LogP contribution >= 0.6 is 0 Å². The molecule has 1 aliphatic heterocycles. The fraction of sp³-hybridized carbons (Fsp3) is 0.333. The van der Waals surface area contributed by atoms with E-state index in [-0.39, 0.29) is 12.1 Å². The van der Waals surface area contributed by atoms with Gasteiger partial charge in [0.1, 0.15) is 17.6 Å². The quantitative estimate of drug-likeness (QED) is 0.917. The van der Waals surface area contributed by atoms with Crippen LogP contribution in [-0.2, 0) is 12.8 Å². The summed E-state index contributed by atoms with van der Waals surface area (Å²) in [6.45, 7) is 0. The number of ether oxygens (including phenoxy) is 2. The molecule has 2 aromatic carbocycles. The highest BCUT2D eigenvalue weighted by molar-refractivity contribution is 5.37. The van der Waals surface area contributed by atoms with Crippen LogP contribution in [0, 0.1) is 0 Å². The fourth-order valence-corrected chi connectivity index (χ4v) is 2.91. The van der Waals surface area contributed by atoms with Crippen molar-refractivity contribution in [2.24, 2.45) is 5.73 Å². The van der Waals surface area contributed by atoms with Gasteiger partial charge in [0.15, 0.2) is 0 Å². The van der Waals surface area contributed by atoms with E-state index in [0.717, 1.165) is 30.8 Å². The normalized spacial score (nSPS) is 17.9. The summed E-state index contributed by atoms with van der Waals surface area (Å²) in [4.78, 5) is 0. The molecule has 0 aliphatic carbocycles. The van der Waals surface area contributed by atoms with E-state index in [1.165, 1.54) is 11.1 Å². The summed E-state index contributed by atoms with van der Waals surface area (Å²) >= 11 is 0. The minimum Gasteiger partial charge on any atom is -0.497 e. The molecule has 0 spiro atoms. The summed E-state index contributed by atoms with van der Waals surface area (Å²) in [5, 5.41) is 0. The van der Waals surface area contributed by atoms with Gasteiger partial charge in [-0.25, -0.2) is 0 Å². The number of para-hydroxylation sites is 1. The predicted octanol–water partition coefficient (Wildman–Crippen LogP) is 2.96. The summed E-state index contributed by atoms with van der Waals surface area (Å²) in [5.74, 6) is 1.89. The molecule has 3 rings (SSSR count). The summed E-state index contributed by atoms with van der Waals surface area (Å²) in [6.07, 6.45) is 2.87. The van der Waals surface area contributed by atoms with Crippen molar-refractivity contribution < 1.29 is 9.47 Å². The molecule has 0 fully saturated rings. The molecule has 2 aromatic rings. The average molecular weight is 283 g/mol. The third-order valence-electron chi connectivity index (χ3n) is 3.91. The summed E-state index contributed by atoms with van der Waals surface area (Å²) in [6, 6.07) is 16.4. The van der Waals surface area contributed by atoms with Crippen LogP contribution in [0.2, 0.25) is 0 Å². The Morgan fingerprint density at radius 2 is 2.10 bits per heavy atom. The van der Waals surface area contributed by atoms with E-state index >= 15 is 0 Å². The first-order valence-electron chi connectivity index (χ1n) is 7.37. The Labute approximate surface area is 125 Å². The number of hydrogen-bond donors (Lipinski definition) is 1. The first kappa shape index (κ1) is 14.0. The average Bonchev–Trinajstić information content (AvgIpc) is 2.89. The summed E-state index contributed by atoms with van der Waals surface area (Å²) < 4.78 is 11.2. The molecule has 21 heavy (non-hydrogen) atoms. The van der Waals surface area contributed by atoms with Gasteiger partial charge in [-0.2, -0.15) is 0 Å². The monoisotopic (exact) mass is 283 g/mol. The van der Waals surface area contributed by atoms with Gasteiger partial charge in [0, 0.05) is 18.9 Å². The molecule has 0 aromatic heterocycles. The Morgan fingerprint density at radius 1 is 1.24 bits per heavy atom. The lowest BCUT2D eigenvalue weighted by atomic mass is 9.99. The van der Waals surface area contributed by atoms with Gasteiger partial charge in [-0.15, -0.1) is 0 Å². The van der Waals surface area contributed by atoms with Crippen LogP contribution in [0.4, 0.5) is 0 Å². The standard InChI is InChI=1S/C18H21NO2/c1-20-16-7-4-5-13(10-16)9-15(19)12-17-11-14-6-2-3-8-18(14)21-17/h2-8,10,15,17H,9,11-12,19H2,1H3. The van der Waals surface area contributed by atoms with Crippen molar-refractivity contribution in [3.63, 3.8) is 0 Å². The van der Waals surface area contributed by atoms with Crippen molar-refractivity contribution in [2.45, 2.75) is 31.4 Å². The number of fused-ring (bicyclic) bond motifs is 1. The van der Waals surface area contributed by atoms with Crippen LogP contribution in [0.1, 0.15) is 17.5 Å². The zero-order chi connectivity index (χ0) is 14.7. The maximum atomic E-state index is 6.29. The minimum absolute atomic E-state index is 0.0939. The van der Waals surface area contributed by atoms with Gasteiger partial charge in [0.05, 0.1) is 7.11 Å². The topological polar surface area (TPSA) is 44.5 Å². The number of nitrogens with two attached hydrogens (primary N) is 1. The van der Waals surface area contributed by atoms with Crippen LogP contribution in [0.15, 0.2) is 48.5 Å². The minimum atomic E-state index is 0.0939. The first-order valence-corrected chi connectivity index (χ1v) is 7.37. The van der Waals surface area contributed by atoms with E-state index in [2.05, 4.69) is 18.2 Å². The molecule has 0 radical (unpaired) electrons. The van der Waals surface area contributed by atoms with E-state index in [1.54, 1.807) is 7.11 Å². The van der Waals surface area contributed by atoms with Crippen molar-refractivity contribution in [2.75, 3.05) is 7.11 Å².